The lowest BCUT2D eigenvalue weighted by molar-refractivity contribution is -0.173. The first-order chi connectivity index (χ1) is 8.23. The Morgan fingerprint density at radius 1 is 1.44 bits per heavy atom. The van der Waals surface area contributed by atoms with Crippen LogP contribution in [0.4, 0.5) is 0 Å². The van der Waals surface area contributed by atoms with Crippen LogP contribution in [0.15, 0.2) is 0 Å². The van der Waals surface area contributed by atoms with Crippen molar-refractivity contribution >= 4 is 5.97 Å². The molecule has 0 bridgehead atoms. The van der Waals surface area contributed by atoms with Crippen LogP contribution in [0.1, 0.15) is 20.8 Å². The summed E-state index contributed by atoms with van der Waals surface area (Å²) >= 11 is 0. The molecule has 106 valence electrons. The van der Waals surface area contributed by atoms with E-state index in [2.05, 4.69) is 4.74 Å². The van der Waals surface area contributed by atoms with Gasteiger partial charge < -0.3 is 29.5 Å². The first-order valence-corrected chi connectivity index (χ1v) is 5.72. The monoisotopic (exact) mass is 264 g/mol. The first kappa shape index (κ1) is 15.3. The van der Waals surface area contributed by atoms with Crippen molar-refractivity contribution < 1.29 is 34.3 Å². The Bertz CT molecular complexity index is 291. The molecule has 3 N–H and O–H groups in total. The van der Waals surface area contributed by atoms with Gasteiger partial charge in [-0.25, -0.2) is 0 Å². The Morgan fingerprint density at radius 2 is 2.06 bits per heavy atom. The second-order valence-corrected chi connectivity index (χ2v) is 4.72. The summed E-state index contributed by atoms with van der Waals surface area (Å²) in [5.74, 6) is -1.40. The Morgan fingerprint density at radius 3 is 2.50 bits per heavy atom. The van der Waals surface area contributed by atoms with E-state index >= 15 is 0 Å². The quantitative estimate of drug-likeness (QED) is 0.535. The lowest BCUT2D eigenvalue weighted by atomic mass is 10.0. The van der Waals surface area contributed by atoms with Crippen LogP contribution in [-0.4, -0.2) is 64.7 Å². The van der Waals surface area contributed by atoms with Crippen molar-refractivity contribution in [1.82, 2.24) is 0 Å². The smallest absolute Gasteiger partial charge is 0.302 e. The van der Waals surface area contributed by atoms with Crippen LogP contribution in [0.25, 0.3) is 0 Å². The van der Waals surface area contributed by atoms with E-state index in [1.807, 2.05) is 0 Å². The molecule has 7 nitrogen and oxygen atoms in total. The average Bonchev–Trinajstić information content (AvgIpc) is 2.64. The fourth-order valence-corrected chi connectivity index (χ4v) is 1.63. The average molecular weight is 264 g/mol. The van der Waals surface area contributed by atoms with Crippen LogP contribution in [-0.2, 0) is 19.0 Å². The molecule has 18 heavy (non-hydrogen) atoms. The molecule has 1 aliphatic heterocycles. The zero-order chi connectivity index (χ0) is 13.9. The van der Waals surface area contributed by atoms with Gasteiger partial charge in [0, 0.05) is 6.92 Å². The highest BCUT2D eigenvalue weighted by Crippen LogP contribution is 2.25. The van der Waals surface area contributed by atoms with Crippen LogP contribution in [0.3, 0.4) is 0 Å². The highest BCUT2D eigenvalue weighted by atomic mass is 16.7. The van der Waals surface area contributed by atoms with Gasteiger partial charge in [0.2, 0.25) is 0 Å². The third kappa shape index (κ3) is 4.18. The topological polar surface area (TPSA) is 105 Å². The van der Waals surface area contributed by atoms with Crippen LogP contribution in [0, 0.1) is 0 Å². The molecule has 1 heterocycles. The molecule has 1 fully saturated rings. The second-order valence-electron chi connectivity index (χ2n) is 4.72. The molecule has 0 aromatic heterocycles. The third-order valence-corrected chi connectivity index (χ3v) is 2.61. The number of rotatable bonds is 5. The maximum absolute atomic E-state index is 10.6. The number of aliphatic hydroxyl groups excluding tert-OH is 3. The summed E-state index contributed by atoms with van der Waals surface area (Å²) in [7, 11) is 0. The van der Waals surface area contributed by atoms with E-state index < -0.39 is 36.2 Å². The first-order valence-electron chi connectivity index (χ1n) is 5.72. The largest absolute Gasteiger partial charge is 0.463 e. The summed E-state index contributed by atoms with van der Waals surface area (Å²) in [5.41, 5.74) is 0. The van der Waals surface area contributed by atoms with Gasteiger partial charge in [-0.15, -0.1) is 0 Å². The van der Waals surface area contributed by atoms with E-state index in [0.29, 0.717) is 0 Å². The molecule has 0 unspecified atom stereocenters. The molecule has 1 rings (SSSR count). The number of esters is 1. The zero-order valence-electron chi connectivity index (χ0n) is 10.7. The molecule has 0 radical (unpaired) electrons. The number of ether oxygens (including phenoxy) is 3. The summed E-state index contributed by atoms with van der Waals surface area (Å²) in [6.07, 6.45) is -4.91. The van der Waals surface area contributed by atoms with E-state index in [1.54, 1.807) is 13.8 Å². The molecular formula is C11H20O7. The highest BCUT2D eigenvalue weighted by Gasteiger charge is 2.41. The molecule has 0 amide bonds. The van der Waals surface area contributed by atoms with E-state index in [-0.39, 0.29) is 13.2 Å². The Balaban J connectivity index is 2.45. The van der Waals surface area contributed by atoms with Crippen molar-refractivity contribution in [3.63, 3.8) is 0 Å². The Hall–Kier alpha value is -0.730. The molecule has 0 aromatic rings. The molecule has 0 saturated carbocycles. The summed E-state index contributed by atoms with van der Waals surface area (Å²) in [6, 6.07) is 0. The van der Waals surface area contributed by atoms with Crippen LogP contribution in [0.2, 0.25) is 0 Å². The summed E-state index contributed by atoms with van der Waals surface area (Å²) in [4.78, 5) is 10.6. The van der Waals surface area contributed by atoms with E-state index in [4.69, 9.17) is 9.47 Å². The molecule has 0 aliphatic carbocycles. The highest BCUT2D eigenvalue weighted by molar-refractivity contribution is 5.65. The number of carbonyl (C=O) groups is 1. The van der Waals surface area contributed by atoms with Gasteiger partial charge in [0.1, 0.15) is 31.0 Å². The van der Waals surface area contributed by atoms with Gasteiger partial charge in [0.15, 0.2) is 5.79 Å². The zero-order valence-corrected chi connectivity index (χ0v) is 10.7. The molecule has 1 aliphatic rings. The lowest BCUT2D eigenvalue weighted by Crippen LogP contribution is -2.47. The normalized spacial score (nSPS) is 27.6. The predicted octanol–water partition coefficient (Wildman–Crippen LogP) is -1.22. The van der Waals surface area contributed by atoms with Crippen molar-refractivity contribution in [1.29, 1.82) is 0 Å². The van der Waals surface area contributed by atoms with Gasteiger partial charge in [-0.2, -0.15) is 0 Å². The SMILES string of the molecule is CC(=O)OC[C@@H](O)[C@@H](O)[C@H](O)[C@H]1COC(C)(C)O1. The predicted molar refractivity (Wildman–Crippen MR) is 59.6 cm³/mol. The maximum Gasteiger partial charge on any atom is 0.302 e. The van der Waals surface area contributed by atoms with Crippen molar-refractivity contribution in [2.24, 2.45) is 0 Å². The molecule has 0 spiro atoms. The maximum atomic E-state index is 10.6. The fraction of sp³-hybridized carbons (Fsp3) is 0.909. The van der Waals surface area contributed by atoms with Crippen molar-refractivity contribution in [2.45, 2.75) is 51.0 Å². The second kappa shape index (κ2) is 5.94. The lowest BCUT2D eigenvalue weighted by Gasteiger charge is -2.26. The van der Waals surface area contributed by atoms with E-state index in [1.165, 1.54) is 6.92 Å². The fourth-order valence-electron chi connectivity index (χ4n) is 1.63. The van der Waals surface area contributed by atoms with Crippen LogP contribution >= 0.6 is 0 Å². The van der Waals surface area contributed by atoms with Crippen molar-refractivity contribution in [2.75, 3.05) is 13.2 Å². The minimum atomic E-state index is -1.48. The van der Waals surface area contributed by atoms with Crippen LogP contribution in [0.5, 0.6) is 0 Å². The van der Waals surface area contributed by atoms with Crippen LogP contribution < -0.4 is 0 Å². The van der Waals surface area contributed by atoms with Gasteiger partial charge >= 0.3 is 5.97 Å². The Labute approximate surface area is 105 Å². The van der Waals surface area contributed by atoms with E-state index in [0.717, 1.165) is 0 Å². The number of hydrogen-bond acceptors (Lipinski definition) is 7. The standard InChI is InChI=1S/C11H20O7/c1-6(12)16-4-7(13)9(14)10(15)8-5-17-11(2,3)18-8/h7-10,13-15H,4-5H2,1-3H3/t7-,8-,9-,10-/m1/s1. The van der Waals surface area contributed by atoms with Gasteiger partial charge in [0.05, 0.1) is 6.61 Å². The molecule has 4 atom stereocenters. The molecule has 0 aromatic carbocycles. The summed E-state index contributed by atoms with van der Waals surface area (Å²) in [5, 5.41) is 29.1. The van der Waals surface area contributed by atoms with Gasteiger partial charge in [-0.05, 0) is 13.8 Å². The molecule has 7 heteroatoms. The molecule has 1 saturated heterocycles. The summed E-state index contributed by atoms with van der Waals surface area (Å²) < 4.78 is 15.1. The molecular weight excluding hydrogens is 244 g/mol. The van der Waals surface area contributed by atoms with Gasteiger partial charge in [0.25, 0.3) is 0 Å². The minimum absolute atomic E-state index is 0.117. The third-order valence-electron chi connectivity index (χ3n) is 2.61. The number of carbonyl (C=O) groups excluding carboxylic acids is 1. The minimum Gasteiger partial charge on any atom is -0.463 e. The van der Waals surface area contributed by atoms with Gasteiger partial charge in [-0.3, -0.25) is 4.79 Å². The number of hydrogen-bond donors (Lipinski definition) is 3. The van der Waals surface area contributed by atoms with E-state index in [9.17, 15) is 20.1 Å². The summed E-state index contributed by atoms with van der Waals surface area (Å²) in [6.45, 7) is 4.28. The van der Waals surface area contributed by atoms with Crippen molar-refractivity contribution in [3.8, 4) is 0 Å². The number of aliphatic hydroxyl groups is 3. The Kier molecular flexibility index (Phi) is 5.06. The van der Waals surface area contributed by atoms with Gasteiger partial charge in [-0.1, -0.05) is 0 Å². The van der Waals surface area contributed by atoms with Crippen molar-refractivity contribution in [3.05, 3.63) is 0 Å².